The van der Waals surface area contributed by atoms with Crippen LogP contribution in [0.25, 0.3) is 0 Å². The lowest BCUT2D eigenvalue weighted by Crippen LogP contribution is -2.34. The first-order valence-electron chi connectivity index (χ1n) is 8.11. The minimum absolute atomic E-state index is 0.193. The van der Waals surface area contributed by atoms with Crippen molar-refractivity contribution in [3.63, 3.8) is 0 Å². The molecule has 27 heavy (non-hydrogen) atoms. The number of carbonyl (C=O) groups excluding carboxylic acids is 2. The van der Waals surface area contributed by atoms with Crippen LogP contribution in [0.15, 0.2) is 36.5 Å². The number of carbonyl (C=O) groups is 2. The van der Waals surface area contributed by atoms with Gasteiger partial charge in [-0.05, 0) is 49.2 Å². The Hall–Kier alpha value is -2.45. The molecular weight excluding hydrogens is 392 g/mol. The highest BCUT2D eigenvalue weighted by molar-refractivity contribution is 7.92. The van der Waals surface area contributed by atoms with E-state index in [4.69, 9.17) is 16.3 Å². The van der Waals surface area contributed by atoms with Gasteiger partial charge in [0.25, 0.3) is 0 Å². The van der Waals surface area contributed by atoms with Crippen molar-refractivity contribution >= 4 is 39.1 Å². The van der Waals surface area contributed by atoms with Gasteiger partial charge in [0, 0.05) is 17.8 Å². The third-order valence-corrected chi connectivity index (χ3v) is 5.70. The van der Waals surface area contributed by atoms with Crippen LogP contribution in [-0.2, 0) is 21.2 Å². The summed E-state index contributed by atoms with van der Waals surface area (Å²) >= 11 is 5.66. The predicted molar refractivity (Wildman–Crippen MR) is 101 cm³/mol. The number of rotatable bonds is 5. The largest absolute Gasteiger partial charge is 0.454 e. The molecule has 1 aliphatic rings. The number of aromatic nitrogens is 1. The van der Waals surface area contributed by atoms with E-state index in [9.17, 15) is 18.0 Å². The molecule has 0 amide bonds. The number of hydrogen-bond acceptors (Lipinski definition) is 6. The van der Waals surface area contributed by atoms with Gasteiger partial charge in [0.15, 0.2) is 12.4 Å². The summed E-state index contributed by atoms with van der Waals surface area (Å²) in [4.78, 5) is 28.1. The van der Waals surface area contributed by atoms with Crippen molar-refractivity contribution in [2.24, 2.45) is 0 Å². The van der Waals surface area contributed by atoms with Gasteiger partial charge in [0.1, 0.15) is 5.15 Å². The number of Topliss-reactive ketones (excluding diaryl/α,β-unsaturated/α-hetero) is 1. The van der Waals surface area contributed by atoms with Gasteiger partial charge in [0.2, 0.25) is 10.0 Å². The summed E-state index contributed by atoms with van der Waals surface area (Å²) in [5, 5.41) is 0.248. The Labute approximate surface area is 162 Å². The van der Waals surface area contributed by atoms with Gasteiger partial charge in [-0.3, -0.25) is 9.10 Å². The molecule has 0 N–H and O–H groups in total. The fraction of sp³-hybridized carbons (Fsp3) is 0.278. The number of ether oxygens (including phenoxy) is 1. The Balaban J connectivity index is 1.71. The second kappa shape index (κ2) is 7.28. The fourth-order valence-electron chi connectivity index (χ4n) is 3.08. The molecule has 3 rings (SSSR count). The maximum Gasteiger partial charge on any atom is 0.340 e. The zero-order chi connectivity index (χ0) is 19.8. The molecule has 1 aliphatic heterocycles. The Kier molecular flexibility index (Phi) is 5.21. The molecule has 0 saturated carbocycles. The SMILES string of the molecule is C[C@H]1Cc2cc(C(=O)COC(=O)c3ccc(Cl)nc3)ccc2N1S(C)(=O)=O. The van der Waals surface area contributed by atoms with Crippen LogP contribution in [0.5, 0.6) is 0 Å². The monoisotopic (exact) mass is 408 g/mol. The van der Waals surface area contributed by atoms with E-state index in [2.05, 4.69) is 4.98 Å². The predicted octanol–water partition coefficient (Wildman–Crippen LogP) is 2.49. The van der Waals surface area contributed by atoms with Gasteiger partial charge in [-0.1, -0.05) is 11.6 Å². The lowest BCUT2D eigenvalue weighted by atomic mass is 10.0. The number of pyridine rings is 1. The summed E-state index contributed by atoms with van der Waals surface area (Å²) < 4.78 is 30.3. The molecule has 2 heterocycles. The van der Waals surface area contributed by atoms with Crippen LogP contribution in [0.4, 0.5) is 5.69 Å². The Bertz CT molecular complexity index is 1000. The molecule has 9 heteroatoms. The number of ketones is 1. The lowest BCUT2D eigenvalue weighted by Gasteiger charge is -2.21. The third kappa shape index (κ3) is 4.12. The number of halogens is 1. The number of benzene rings is 1. The first kappa shape index (κ1) is 19.3. The zero-order valence-electron chi connectivity index (χ0n) is 14.7. The van der Waals surface area contributed by atoms with Crippen LogP contribution in [0.3, 0.4) is 0 Å². The van der Waals surface area contributed by atoms with Gasteiger partial charge in [-0.15, -0.1) is 0 Å². The second-order valence-electron chi connectivity index (χ2n) is 6.32. The molecule has 0 aliphatic carbocycles. The van der Waals surface area contributed by atoms with E-state index in [-0.39, 0.29) is 22.5 Å². The normalized spacial score (nSPS) is 16.1. The summed E-state index contributed by atoms with van der Waals surface area (Å²) in [6, 6.07) is 7.49. The van der Waals surface area contributed by atoms with Crippen molar-refractivity contribution in [1.82, 2.24) is 4.98 Å². The summed E-state index contributed by atoms with van der Waals surface area (Å²) in [7, 11) is -3.39. The third-order valence-electron chi connectivity index (χ3n) is 4.21. The molecule has 0 radical (unpaired) electrons. The topological polar surface area (TPSA) is 93.6 Å². The highest BCUT2D eigenvalue weighted by Crippen LogP contribution is 2.34. The smallest absolute Gasteiger partial charge is 0.340 e. The number of esters is 1. The van der Waals surface area contributed by atoms with Gasteiger partial charge in [0.05, 0.1) is 17.5 Å². The number of hydrogen-bond donors (Lipinski definition) is 0. The van der Waals surface area contributed by atoms with E-state index in [1.54, 1.807) is 12.1 Å². The van der Waals surface area contributed by atoms with E-state index < -0.39 is 22.6 Å². The van der Waals surface area contributed by atoms with E-state index >= 15 is 0 Å². The van der Waals surface area contributed by atoms with Crippen LogP contribution in [0.1, 0.15) is 33.2 Å². The molecule has 1 atom stereocenters. The summed E-state index contributed by atoms with van der Waals surface area (Å²) in [6.07, 6.45) is 2.94. The van der Waals surface area contributed by atoms with Crippen LogP contribution in [0.2, 0.25) is 5.15 Å². The summed E-state index contributed by atoms with van der Waals surface area (Å²) in [5.74, 6) is -1.05. The quantitative estimate of drug-likeness (QED) is 0.428. The molecule has 0 spiro atoms. The lowest BCUT2D eigenvalue weighted by molar-refractivity contribution is 0.0474. The highest BCUT2D eigenvalue weighted by atomic mass is 35.5. The van der Waals surface area contributed by atoms with Gasteiger partial charge in [-0.25, -0.2) is 18.2 Å². The molecule has 0 saturated heterocycles. The summed E-state index contributed by atoms with van der Waals surface area (Å²) in [6.45, 7) is 1.38. The van der Waals surface area contributed by atoms with Gasteiger partial charge >= 0.3 is 5.97 Å². The van der Waals surface area contributed by atoms with E-state index in [1.807, 2.05) is 6.92 Å². The van der Waals surface area contributed by atoms with Crippen molar-refractivity contribution in [3.8, 4) is 0 Å². The number of sulfonamides is 1. The molecule has 2 aromatic rings. The van der Waals surface area contributed by atoms with Crippen molar-refractivity contribution in [2.45, 2.75) is 19.4 Å². The van der Waals surface area contributed by atoms with Crippen LogP contribution >= 0.6 is 11.6 Å². The Morgan fingerprint density at radius 3 is 2.59 bits per heavy atom. The molecule has 0 bridgehead atoms. The molecular formula is C18H17ClN2O5S. The minimum atomic E-state index is -3.39. The average Bonchev–Trinajstić information content (AvgIpc) is 2.94. The van der Waals surface area contributed by atoms with Crippen LogP contribution in [-0.4, -0.2) is 44.1 Å². The molecule has 1 aromatic carbocycles. The van der Waals surface area contributed by atoms with Gasteiger partial charge < -0.3 is 4.74 Å². The fourth-order valence-corrected chi connectivity index (χ4v) is 4.45. The van der Waals surface area contributed by atoms with Gasteiger partial charge in [-0.2, -0.15) is 0 Å². The minimum Gasteiger partial charge on any atom is -0.454 e. The molecule has 142 valence electrons. The maximum absolute atomic E-state index is 12.3. The zero-order valence-corrected chi connectivity index (χ0v) is 16.2. The second-order valence-corrected chi connectivity index (χ2v) is 8.57. The highest BCUT2D eigenvalue weighted by Gasteiger charge is 2.32. The van der Waals surface area contributed by atoms with Crippen molar-refractivity contribution < 1.29 is 22.7 Å². The first-order chi connectivity index (χ1) is 12.7. The average molecular weight is 409 g/mol. The van der Waals surface area contributed by atoms with Crippen molar-refractivity contribution in [2.75, 3.05) is 17.2 Å². The van der Waals surface area contributed by atoms with Crippen LogP contribution < -0.4 is 4.31 Å². The van der Waals surface area contributed by atoms with E-state index in [0.29, 0.717) is 17.7 Å². The number of anilines is 1. The molecule has 0 fully saturated rings. The van der Waals surface area contributed by atoms with Crippen molar-refractivity contribution in [3.05, 3.63) is 58.4 Å². The Morgan fingerprint density at radius 1 is 1.26 bits per heavy atom. The molecule has 1 aromatic heterocycles. The molecule has 7 nitrogen and oxygen atoms in total. The van der Waals surface area contributed by atoms with E-state index in [0.717, 1.165) is 11.8 Å². The van der Waals surface area contributed by atoms with Crippen molar-refractivity contribution in [1.29, 1.82) is 0 Å². The van der Waals surface area contributed by atoms with Crippen LogP contribution in [0, 0.1) is 0 Å². The Morgan fingerprint density at radius 2 is 1.96 bits per heavy atom. The molecule has 0 unspecified atom stereocenters. The van der Waals surface area contributed by atoms with E-state index in [1.165, 1.54) is 28.7 Å². The standard InChI is InChI=1S/C18H17ClN2O5S/c1-11-7-14-8-12(3-5-15(14)21(11)27(2,24)25)16(22)10-26-18(23)13-4-6-17(19)20-9-13/h3-6,8-9,11H,7,10H2,1-2H3/t11-/m0/s1. The summed E-state index contributed by atoms with van der Waals surface area (Å²) in [5.41, 5.74) is 1.90. The number of fused-ring (bicyclic) bond motifs is 1. The maximum atomic E-state index is 12.3. The number of nitrogens with zero attached hydrogens (tertiary/aromatic N) is 2. The first-order valence-corrected chi connectivity index (χ1v) is 10.3.